The van der Waals surface area contributed by atoms with Crippen LogP contribution in [0, 0.1) is 0 Å². The third-order valence-electron chi connectivity index (χ3n) is 5.52. The minimum Gasteiger partial charge on any atom is -0.352 e. The van der Waals surface area contributed by atoms with Crippen molar-refractivity contribution in [2.75, 3.05) is 11.4 Å². The molecule has 31 heavy (non-hydrogen) atoms. The second-order valence-electron chi connectivity index (χ2n) is 8.04. The number of anilines is 1. The predicted octanol–water partition coefficient (Wildman–Crippen LogP) is 5.24. The molecule has 1 aliphatic carbocycles. The van der Waals surface area contributed by atoms with Crippen LogP contribution < -0.4 is 10.2 Å². The van der Waals surface area contributed by atoms with Gasteiger partial charge in [-0.25, -0.2) is 4.98 Å². The summed E-state index contributed by atoms with van der Waals surface area (Å²) >= 11 is 7.33. The summed E-state index contributed by atoms with van der Waals surface area (Å²) in [5.41, 5.74) is 2.25. The number of halogens is 1. The van der Waals surface area contributed by atoms with Gasteiger partial charge in [-0.3, -0.25) is 4.79 Å². The largest absolute Gasteiger partial charge is 0.352 e. The second-order valence-corrected chi connectivity index (χ2v) is 9.21. The Morgan fingerprint density at radius 3 is 2.52 bits per heavy atom. The molecule has 0 bridgehead atoms. The zero-order valence-corrected chi connectivity index (χ0v) is 19.0. The molecule has 0 spiro atoms. The van der Waals surface area contributed by atoms with Gasteiger partial charge in [0.25, 0.3) is 0 Å². The normalized spacial score (nSPS) is 14.4. The molecule has 0 radical (unpaired) electrons. The van der Waals surface area contributed by atoms with Crippen LogP contribution in [-0.2, 0) is 17.8 Å². The van der Waals surface area contributed by atoms with Crippen LogP contribution in [0.2, 0.25) is 5.02 Å². The monoisotopic (exact) mass is 454 g/mol. The smallest absolute Gasteiger partial charge is 0.239 e. The molecule has 7 heteroatoms. The lowest BCUT2D eigenvalue weighted by Crippen LogP contribution is -2.42. The topological polar surface area (TPSA) is 58.1 Å². The summed E-state index contributed by atoms with van der Waals surface area (Å²) in [4.78, 5) is 19.6. The van der Waals surface area contributed by atoms with Crippen LogP contribution in [0.1, 0.15) is 49.1 Å². The molecule has 0 aliphatic heterocycles. The molecule has 0 unspecified atom stereocenters. The summed E-state index contributed by atoms with van der Waals surface area (Å²) in [6.45, 7) is 0.898. The molecule has 2 aromatic carbocycles. The molecule has 3 aromatic rings. The predicted molar refractivity (Wildman–Crippen MR) is 127 cm³/mol. The number of hydrogen-bond donors (Lipinski definition) is 1. The van der Waals surface area contributed by atoms with E-state index in [4.69, 9.17) is 16.6 Å². The molecule has 1 saturated carbocycles. The summed E-state index contributed by atoms with van der Waals surface area (Å²) in [7, 11) is 0. The van der Waals surface area contributed by atoms with Crippen molar-refractivity contribution < 1.29 is 4.79 Å². The van der Waals surface area contributed by atoms with Crippen LogP contribution in [0.3, 0.4) is 0 Å². The van der Waals surface area contributed by atoms with E-state index in [9.17, 15) is 4.79 Å². The molecule has 5 nitrogen and oxygen atoms in total. The van der Waals surface area contributed by atoms with Crippen molar-refractivity contribution in [2.24, 2.45) is 0 Å². The van der Waals surface area contributed by atoms with E-state index < -0.39 is 0 Å². The highest BCUT2D eigenvalue weighted by Gasteiger charge is 2.20. The first kappa shape index (κ1) is 21.8. The lowest BCUT2D eigenvalue weighted by Gasteiger charge is -2.25. The Labute approximate surface area is 192 Å². The molecule has 1 aromatic heterocycles. The SMILES string of the molecule is O=C(CN(Cc1ccccc1)c1nc(Cc2ccc(Cl)cc2)ns1)NC1CCCCC1. The number of nitrogens with one attached hydrogen (secondary N) is 1. The van der Waals surface area contributed by atoms with E-state index in [1.165, 1.54) is 30.8 Å². The van der Waals surface area contributed by atoms with Crippen molar-refractivity contribution in [3.8, 4) is 0 Å². The first-order chi connectivity index (χ1) is 15.2. The molecule has 162 valence electrons. The van der Waals surface area contributed by atoms with Crippen molar-refractivity contribution in [3.05, 3.63) is 76.6 Å². The van der Waals surface area contributed by atoms with Gasteiger partial charge in [0, 0.05) is 35.6 Å². The maximum atomic E-state index is 12.8. The Balaban J connectivity index is 1.46. The maximum Gasteiger partial charge on any atom is 0.239 e. The Morgan fingerprint density at radius 2 is 1.77 bits per heavy atom. The van der Waals surface area contributed by atoms with Gasteiger partial charge in [0.15, 0.2) is 0 Å². The van der Waals surface area contributed by atoms with Crippen LogP contribution in [0.15, 0.2) is 54.6 Å². The van der Waals surface area contributed by atoms with Gasteiger partial charge in [0.05, 0.1) is 6.54 Å². The van der Waals surface area contributed by atoms with Crippen LogP contribution in [-0.4, -0.2) is 27.9 Å². The number of aromatic nitrogens is 2. The van der Waals surface area contributed by atoms with Gasteiger partial charge in [0.1, 0.15) is 5.82 Å². The van der Waals surface area contributed by atoms with Gasteiger partial charge in [0.2, 0.25) is 11.0 Å². The fourth-order valence-corrected chi connectivity index (χ4v) is 4.73. The molecule has 1 aliphatic rings. The van der Waals surface area contributed by atoms with Crippen molar-refractivity contribution >= 4 is 34.2 Å². The average molecular weight is 455 g/mol. The number of rotatable bonds is 8. The number of nitrogens with zero attached hydrogens (tertiary/aromatic N) is 3. The molecule has 0 atom stereocenters. The average Bonchev–Trinajstić information content (AvgIpc) is 3.25. The summed E-state index contributed by atoms with van der Waals surface area (Å²) < 4.78 is 4.54. The molecular weight excluding hydrogens is 428 g/mol. The summed E-state index contributed by atoms with van der Waals surface area (Å²) in [5, 5.41) is 4.71. The van der Waals surface area contributed by atoms with Crippen LogP contribution in [0.5, 0.6) is 0 Å². The Morgan fingerprint density at radius 1 is 1.03 bits per heavy atom. The van der Waals surface area contributed by atoms with Crippen molar-refractivity contribution in [2.45, 2.75) is 51.1 Å². The number of benzene rings is 2. The minimum absolute atomic E-state index is 0.0530. The first-order valence-corrected chi connectivity index (χ1v) is 12.0. The lowest BCUT2D eigenvalue weighted by molar-refractivity contribution is -0.120. The van der Waals surface area contributed by atoms with Crippen molar-refractivity contribution in [1.29, 1.82) is 0 Å². The third kappa shape index (κ3) is 6.52. The molecule has 1 heterocycles. The van der Waals surface area contributed by atoms with E-state index in [0.29, 0.717) is 24.0 Å². The Kier molecular flexibility index (Phi) is 7.54. The van der Waals surface area contributed by atoms with Gasteiger partial charge in [-0.2, -0.15) is 4.37 Å². The first-order valence-electron chi connectivity index (χ1n) is 10.8. The lowest BCUT2D eigenvalue weighted by atomic mass is 9.95. The Hall–Kier alpha value is -2.44. The fraction of sp³-hybridized carbons (Fsp3) is 0.375. The number of carbonyl (C=O) groups is 1. The highest BCUT2D eigenvalue weighted by Crippen LogP contribution is 2.22. The molecule has 0 saturated heterocycles. The van der Waals surface area contributed by atoms with Crippen molar-refractivity contribution in [3.63, 3.8) is 0 Å². The third-order valence-corrected chi connectivity index (χ3v) is 6.59. The maximum absolute atomic E-state index is 12.8. The Bertz CT molecular complexity index is 971. The standard InChI is InChI=1S/C24H27ClN4OS/c25-20-13-11-18(12-14-20)15-22-27-24(31-28-22)29(16-19-7-3-1-4-8-19)17-23(30)26-21-9-5-2-6-10-21/h1,3-4,7-8,11-14,21H,2,5-6,9-10,15-17H2,(H,26,30). The van der Waals surface area contributed by atoms with E-state index in [2.05, 4.69) is 21.8 Å². The van der Waals surface area contributed by atoms with Gasteiger partial charge < -0.3 is 10.2 Å². The van der Waals surface area contributed by atoms with E-state index in [-0.39, 0.29) is 12.5 Å². The van der Waals surface area contributed by atoms with Crippen LogP contribution >= 0.6 is 23.1 Å². The van der Waals surface area contributed by atoms with Crippen LogP contribution in [0.25, 0.3) is 0 Å². The molecule has 1 fully saturated rings. The van der Waals surface area contributed by atoms with E-state index in [1.54, 1.807) is 0 Å². The molecule has 1 N–H and O–H groups in total. The number of carbonyl (C=O) groups excluding carboxylic acids is 1. The van der Waals surface area contributed by atoms with E-state index in [1.807, 2.05) is 47.4 Å². The van der Waals surface area contributed by atoms with E-state index in [0.717, 1.165) is 34.9 Å². The quantitative estimate of drug-likeness (QED) is 0.505. The van der Waals surface area contributed by atoms with E-state index >= 15 is 0 Å². The molecule has 1 amide bonds. The summed E-state index contributed by atoms with van der Waals surface area (Å²) in [6, 6.07) is 18.2. The summed E-state index contributed by atoms with van der Waals surface area (Å²) in [6.07, 6.45) is 6.46. The fourth-order valence-electron chi connectivity index (χ4n) is 3.92. The van der Waals surface area contributed by atoms with Gasteiger partial charge in [-0.1, -0.05) is 73.3 Å². The zero-order valence-electron chi connectivity index (χ0n) is 17.5. The zero-order chi connectivity index (χ0) is 21.5. The molecule has 4 rings (SSSR count). The summed E-state index contributed by atoms with van der Waals surface area (Å²) in [5.74, 6) is 0.811. The minimum atomic E-state index is 0.0530. The number of hydrogen-bond acceptors (Lipinski definition) is 5. The van der Waals surface area contributed by atoms with Crippen LogP contribution in [0.4, 0.5) is 5.13 Å². The van der Waals surface area contributed by atoms with Crippen molar-refractivity contribution in [1.82, 2.24) is 14.7 Å². The highest BCUT2D eigenvalue weighted by atomic mass is 35.5. The second kappa shape index (κ2) is 10.7. The van der Waals surface area contributed by atoms with Gasteiger partial charge >= 0.3 is 0 Å². The number of amides is 1. The van der Waals surface area contributed by atoms with Gasteiger partial charge in [-0.05, 0) is 36.1 Å². The molecular formula is C24H27ClN4OS. The highest BCUT2D eigenvalue weighted by molar-refractivity contribution is 7.09. The van der Waals surface area contributed by atoms with Gasteiger partial charge in [-0.15, -0.1) is 0 Å².